The monoisotopic (exact) mass is 316 g/mol. The van der Waals surface area contributed by atoms with E-state index in [0.717, 1.165) is 17.4 Å². The fourth-order valence-corrected chi connectivity index (χ4v) is 2.14. The molecule has 1 aliphatic heterocycles. The summed E-state index contributed by atoms with van der Waals surface area (Å²) in [4.78, 5) is 49.0. The van der Waals surface area contributed by atoms with Gasteiger partial charge in [-0.3, -0.25) is 9.59 Å². The van der Waals surface area contributed by atoms with E-state index in [1.54, 1.807) is 31.2 Å². The standard InChI is InChI=1S/C16H16N2O5/c1-4-23-15(21)12(10(3)19)13-14(20)18(16(22)17-13)11-7-5-9(2)6-8-11/h5-8H,4H2,1-3H3,(H,17,22). The molecule has 7 heteroatoms. The lowest BCUT2D eigenvalue weighted by Crippen LogP contribution is -2.30. The van der Waals surface area contributed by atoms with Gasteiger partial charge < -0.3 is 10.1 Å². The molecule has 0 unspecified atom stereocenters. The number of amides is 3. The van der Waals surface area contributed by atoms with Crippen molar-refractivity contribution in [1.82, 2.24) is 5.32 Å². The lowest BCUT2D eigenvalue weighted by Gasteiger charge is -2.12. The van der Waals surface area contributed by atoms with E-state index in [2.05, 4.69) is 5.32 Å². The Labute approximate surface area is 132 Å². The van der Waals surface area contributed by atoms with Gasteiger partial charge in [-0.1, -0.05) is 17.7 Å². The number of nitrogens with one attached hydrogen (secondary N) is 1. The lowest BCUT2D eigenvalue weighted by molar-refractivity contribution is -0.140. The second-order valence-corrected chi connectivity index (χ2v) is 4.93. The van der Waals surface area contributed by atoms with Gasteiger partial charge in [0.1, 0.15) is 11.3 Å². The van der Waals surface area contributed by atoms with Crippen LogP contribution in [0.5, 0.6) is 0 Å². The number of ether oxygens (including phenoxy) is 1. The first-order chi connectivity index (χ1) is 10.9. The van der Waals surface area contributed by atoms with Gasteiger partial charge in [-0.05, 0) is 32.9 Å². The van der Waals surface area contributed by atoms with Gasteiger partial charge in [-0.2, -0.15) is 0 Å². The van der Waals surface area contributed by atoms with Gasteiger partial charge in [0, 0.05) is 0 Å². The number of imide groups is 1. The molecule has 2 rings (SSSR count). The summed E-state index contributed by atoms with van der Waals surface area (Å²) in [6.45, 7) is 4.63. The number of hydrogen-bond acceptors (Lipinski definition) is 5. The van der Waals surface area contributed by atoms with Crippen molar-refractivity contribution in [2.75, 3.05) is 11.5 Å². The fraction of sp³-hybridized carbons (Fsp3) is 0.250. The van der Waals surface area contributed by atoms with Crippen molar-refractivity contribution < 1.29 is 23.9 Å². The van der Waals surface area contributed by atoms with Gasteiger partial charge in [0.05, 0.1) is 12.3 Å². The van der Waals surface area contributed by atoms with E-state index in [-0.39, 0.29) is 12.3 Å². The molecule has 0 aliphatic carbocycles. The van der Waals surface area contributed by atoms with Crippen LogP contribution >= 0.6 is 0 Å². The number of urea groups is 1. The number of aryl methyl sites for hydroxylation is 1. The van der Waals surface area contributed by atoms with Crippen LogP contribution in [-0.2, 0) is 19.1 Å². The summed E-state index contributed by atoms with van der Waals surface area (Å²) >= 11 is 0. The maximum atomic E-state index is 12.5. The van der Waals surface area contributed by atoms with E-state index in [4.69, 9.17) is 4.74 Å². The first kappa shape index (κ1) is 16.4. The summed E-state index contributed by atoms with van der Waals surface area (Å²) in [5.41, 5.74) is 0.494. The average molecular weight is 316 g/mol. The highest BCUT2D eigenvalue weighted by molar-refractivity contribution is 6.32. The van der Waals surface area contributed by atoms with E-state index in [9.17, 15) is 19.2 Å². The number of Topliss-reactive ketones (excluding diaryl/α,β-unsaturated/α-hetero) is 1. The molecule has 1 saturated heterocycles. The molecule has 23 heavy (non-hydrogen) atoms. The molecule has 0 spiro atoms. The third-order valence-electron chi connectivity index (χ3n) is 3.23. The normalized spacial score (nSPS) is 16.2. The molecule has 0 atom stereocenters. The Kier molecular flexibility index (Phi) is 4.59. The Morgan fingerprint density at radius 2 is 1.78 bits per heavy atom. The van der Waals surface area contributed by atoms with Crippen LogP contribution in [0.4, 0.5) is 10.5 Å². The zero-order valence-electron chi connectivity index (χ0n) is 13.0. The Hall–Kier alpha value is -2.96. The highest BCUT2D eigenvalue weighted by Gasteiger charge is 2.39. The minimum atomic E-state index is -0.936. The first-order valence-corrected chi connectivity index (χ1v) is 7.01. The second-order valence-electron chi connectivity index (χ2n) is 4.93. The minimum Gasteiger partial charge on any atom is -0.462 e. The SMILES string of the molecule is CCOC(=O)C(C(C)=O)=C1NC(=O)N(c2ccc(C)cc2)C1=O. The van der Waals surface area contributed by atoms with Crippen LogP contribution < -0.4 is 10.2 Å². The molecule has 120 valence electrons. The maximum Gasteiger partial charge on any atom is 0.344 e. The lowest BCUT2D eigenvalue weighted by atomic mass is 10.1. The van der Waals surface area contributed by atoms with Gasteiger partial charge in [-0.25, -0.2) is 14.5 Å². The number of hydrogen-bond donors (Lipinski definition) is 1. The third kappa shape index (κ3) is 3.13. The van der Waals surface area contributed by atoms with Crippen molar-refractivity contribution in [3.8, 4) is 0 Å². The van der Waals surface area contributed by atoms with Crippen LogP contribution in [0.25, 0.3) is 0 Å². The fourth-order valence-electron chi connectivity index (χ4n) is 2.14. The van der Waals surface area contributed by atoms with E-state index in [0.29, 0.717) is 5.69 Å². The number of carbonyl (C=O) groups is 4. The molecule has 1 aliphatic rings. The largest absolute Gasteiger partial charge is 0.462 e. The number of benzene rings is 1. The smallest absolute Gasteiger partial charge is 0.344 e. The van der Waals surface area contributed by atoms with E-state index >= 15 is 0 Å². The quantitative estimate of drug-likeness (QED) is 0.298. The van der Waals surface area contributed by atoms with Crippen LogP contribution in [0.1, 0.15) is 19.4 Å². The molecule has 0 bridgehead atoms. The third-order valence-corrected chi connectivity index (χ3v) is 3.23. The van der Waals surface area contributed by atoms with Gasteiger partial charge in [0.15, 0.2) is 5.78 Å². The number of carbonyl (C=O) groups excluding carboxylic acids is 4. The van der Waals surface area contributed by atoms with Gasteiger partial charge in [0.2, 0.25) is 0 Å². The molecule has 0 saturated carbocycles. The Bertz CT molecular complexity index is 718. The van der Waals surface area contributed by atoms with E-state index < -0.39 is 29.3 Å². The molecule has 0 aromatic heterocycles. The summed E-state index contributed by atoms with van der Waals surface area (Å²) in [7, 11) is 0. The van der Waals surface area contributed by atoms with Crippen LogP contribution in [0.2, 0.25) is 0 Å². The molecule has 1 aromatic rings. The minimum absolute atomic E-state index is 0.0483. The zero-order chi connectivity index (χ0) is 17.1. The topological polar surface area (TPSA) is 92.8 Å². The Balaban J connectivity index is 2.46. The molecule has 1 heterocycles. The molecule has 1 N–H and O–H groups in total. The number of anilines is 1. The van der Waals surface area contributed by atoms with Gasteiger partial charge in [-0.15, -0.1) is 0 Å². The first-order valence-electron chi connectivity index (χ1n) is 7.01. The van der Waals surface area contributed by atoms with E-state index in [1.165, 1.54) is 0 Å². The van der Waals surface area contributed by atoms with Crippen molar-refractivity contribution >= 4 is 29.4 Å². The van der Waals surface area contributed by atoms with Crippen LogP contribution in [0, 0.1) is 6.92 Å². The van der Waals surface area contributed by atoms with Gasteiger partial charge >= 0.3 is 12.0 Å². The number of rotatable bonds is 4. The summed E-state index contributed by atoms with van der Waals surface area (Å²) in [5, 5.41) is 2.28. The van der Waals surface area contributed by atoms with Crippen molar-refractivity contribution in [3.05, 3.63) is 41.1 Å². The highest BCUT2D eigenvalue weighted by atomic mass is 16.5. The van der Waals surface area contributed by atoms with E-state index in [1.807, 2.05) is 6.92 Å². The number of ketones is 1. The molecule has 3 amide bonds. The Morgan fingerprint density at radius 1 is 1.17 bits per heavy atom. The van der Waals surface area contributed by atoms with Crippen molar-refractivity contribution in [1.29, 1.82) is 0 Å². The zero-order valence-corrected chi connectivity index (χ0v) is 13.0. The molecular weight excluding hydrogens is 300 g/mol. The van der Waals surface area contributed by atoms with Crippen molar-refractivity contribution in [2.45, 2.75) is 20.8 Å². The van der Waals surface area contributed by atoms with Crippen LogP contribution in [0.3, 0.4) is 0 Å². The van der Waals surface area contributed by atoms with Crippen LogP contribution in [-0.4, -0.2) is 30.3 Å². The predicted octanol–water partition coefficient (Wildman–Crippen LogP) is 1.46. The molecular formula is C16H16N2O5. The van der Waals surface area contributed by atoms with Gasteiger partial charge in [0.25, 0.3) is 5.91 Å². The molecule has 1 fully saturated rings. The summed E-state index contributed by atoms with van der Waals surface area (Å²) in [5.74, 6) is -2.36. The second kappa shape index (κ2) is 6.43. The number of nitrogens with zero attached hydrogens (tertiary/aromatic N) is 1. The predicted molar refractivity (Wildman–Crippen MR) is 81.5 cm³/mol. The maximum absolute atomic E-state index is 12.5. The average Bonchev–Trinajstić information content (AvgIpc) is 2.75. The summed E-state index contributed by atoms with van der Waals surface area (Å²) in [6.07, 6.45) is 0. The summed E-state index contributed by atoms with van der Waals surface area (Å²) < 4.78 is 4.78. The number of esters is 1. The Morgan fingerprint density at radius 3 is 2.30 bits per heavy atom. The van der Waals surface area contributed by atoms with Crippen molar-refractivity contribution in [3.63, 3.8) is 0 Å². The van der Waals surface area contributed by atoms with Crippen molar-refractivity contribution in [2.24, 2.45) is 0 Å². The molecule has 7 nitrogen and oxygen atoms in total. The summed E-state index contributed by atoms with van der Waals surface area (Å²) in [6, 6.07) is 5.97. The highest BCUT2D eigenvalue weighted by Crippen LogP contribution is 2.23. The molecule has 0 radical (unpaired) electrons. The molecule has 1 aromatic carbocycles. The van der Waals surface area contributed by atoms with Crippen LogP contribution in [0.15, 0.2) is 35.5 Å².